The van der Waals surface area contributed by atoms with Crippen LogP contribution in [0.4, 0.5) is 5.69 Å². The van der Waals surface area contributed by atoms with Crippen molar-refractivity contribution in [1.82, 2.24) is 10.3 Å². The van der Waals surface area contributed by atoms with E-state index in [0.717, 1.165) is 43.9 Å². The van der Waals surface area contributed by atoms with E-state index in [1.54, 1.807) is 55.8 Å². The molecule has 1 amide bonds. The molecule has 0 unspecified atom stereocenters. The van der Waals surface area contributed by atoms with Crippen molar-refractivity contribution in [2.75, 3.05) is 19.0 Å². The zero-order chi connectivity index (χ0) is 32.4. The van der Waals surface area contributed by atoms with Crippen LogP contribution in [0.3, 0.4) is 0 Å². The lowest BCUT2D eigenvalue weighted by Gasteiger charge is -2.28. The molecular formula is C38H43N3O6. The average molecular weight is 638 g/mol. The van der Waals surface area contributed by atoms with Crippen LogP contribution in [0.1, 0.15) is 74.6 Å². The molecule has 2 N–H and O–H groups in total. The highest BCUT2D eigenvalue weighted by Crippen LogP contribution is 2.37. The number of aromatic nitrogens is 1. The van der Waals surface area contributed by atoms with E-state index in [0.29, 0.717) is 58.8 Å². The van der Waals surface area contributed by atoms with Gasteiger partial charge < -0.3 is 29.6 Å². The minimum absolute atomic E-state index is 0.0283. The second-order valence-electron chi connectivity index (χ2n) is 12.3. The molecule has 1 aromatic heterocycles. The lowest BCUT2D eigenvalue weighted by molar-refractivity contribution is -0.152. The molecular weight excluding hydrogens is 594 g/mol. The van der Waals surface area contributed by atoms with Crippen LogP contribution in [-0.4, -0.2) is 48.8 Å². The number of carbonyl (C=O) groups excluding carboxylic acids is 2. The molecule has 9 nitrogen and oxygen atoms in total. The van der Waals surface area contributed by atoms with Gasteiger partial charge in [-0.25, -0.2) is 0 Å². The number of hydrogen-bond acceptors (Lipinski definition) is 8. The number of nitrogens with one attached hydrogen (secondary N) is 2. The maximum Gasteiger partial charge on any atom is 0.323 e. The van der Waals surface area contributed by atoms with Crippen LogP contribution in [0.15, 0.2) is 79.0 Å². The van der Waals surface area contributed by atoms with Crippen LogP contribution < -0.4 is 24.8 Å². The van der Waals surface area contributed by atoms with E-state index in [9.17, 15) is 9.59 Å². The third kappa shape index (κ3) is 8.60. The molecule has 2 aliphatic rings. The zero-order valence-electron chi connectivity index (χ0n) is 26.9. The minimum atomic E-state index is -0.415. The lowest BCUT2D eigenvalue weighted by atomic mass is 9.94. The predicted octanol–water partition coefficient (Wildman–Crippen LogP) is 7.83. The number of methoxy groups -OCH3 is 1. The maximum atomic E-state index is 13.2. The highest BCUT2D eigenvalue weighted by Gasteiger charge is 2.28. The highest BCUT2D eigenvalue weighted by atomic mass is 16.5. The summed E-state index contributed by atoms with van der Waals surface area (Å²) in [6.45, 7) is 0.315. The molecule has 0 aliphatic heterocycles. The predicted molar refractivity (Wildman–Crippen MR) is 181 cm³/mol. The van der Waals surface area contributed by atoms with Crippen LogP contribution in [0.25, 0.3) is 10.9 Å². The van der Waals surface area contributed by atoms with Crippen molar-refractivity contribution in [3.05, 3.63) is 84.6 Å². The van der Waals surface area contributed by atoms with Gasteiger partial charge in [-0.2, -0.15) is 0 Å². The van der Waals surface area contributed by atoms with Crippen LogP contribution in [-0.2, 0) is 9.53 Å². The number of amides is 1. The molecule has 9 heteroatoms. The third-order valence-electron chi connectivity index (χ3n) is 8.94. The van der Waals surface area contributed by atoms with E-state index >= 15 is 0 Å². The second kappa shape index (κ2) is 15.8. The molecule has 6 rings (SSSR count). The number of fused-ring (bicyclic) bond motifs is 1. The van der Waals surface area contributed by atoms with Gasteiger partial charge in [0.25, 0.3) is 5.91 Å². The lowest BCUT2D eigenvalue weighted by Crippen LogP contribution is -2.46. The van der Waals surface area contributed by atoms with E-state index in [-0.39, 0.29) is 18.0 Å². The molecule has 2 fully saturated rings. The molecule has 3 aromatic carbocycles. The summed E-state index contributed by atoms with van der Waals surface area (Å²) in [5, 5.41) is 7.25. The second-order valence-corrected chi connectivity index (χ2v) is 12.3. The van der Waals surface area contributed by atoms with Crippen molar-refractivity contribution in [1.29, 1.82) is 0 Å². The molecule has 0 spiro atoms. The normalized spacial score (nSPS) is 16.0. The van der Waals surface area contributed by atoms with Crippen molar-refractivity contribution in [3.8, 4) is 23.0 Å². The summed E-state index contributed by atoms with van der Waals surface area (Å²) in [5.41, 5.74) is 1.94. The zero-order valence-corrected chi connectivity index (χ0v) is 26.9. The van der Waals surface area contributed by atoms with Gasteiger partial charge in [0, 0.05) is 41.4 Å². The van der Waals surface area contributed by atoms with Gasteiger partial charge in [0.1, 0.15) is 23.6 Å². The number of hydrogen-bond donors (Lipinski definition) is 2. The maximum absolute atomic E-state index is 13.2. The monoisotopic (exact) mass is 637 g/mol. The van der Waals surface area contributed by atoms with E-state index < -0.39 is 6.04 Å². The Morgan fingerprint density at radius 3 is 2.34 bits per heavy atom. The van der Waals surface area contributed by atoms with Gasteiger partial charge in [-0.1, -0.05) is 37.5 Å². The Hall–Kier alpha value is -4.63. The summed E-state index contributed by atoms with van der Waals surface area (Å²) in [7, 11) is 1.60. The number of nitrogens with zero attached hydrogens (tertiary/aromatic N) is 1. The minimum Gasteiger partial charge on any atom is -0.493 e. The number of pyridine rings is 1. The quantitative estimate of drug-likeness (QED) is 0.143. The fraction of sp³-hybridized carbons (Fsp3) is 0.395. The SMILES string of the molecule is COc1cc2c(Oc3ccc(NC(=O)c4ccccc4)cc3)ccnc2cc1OCC[C@@H](NC1CCCCC1)C(=O)OC1CCCC1. The molecule has 246 valence electrons. The standard InChI is InChI=1S/C38H43N3O6/c1-44-35-24-31-33(39-22-20-34(31)46-30-18-16-28(17-19-30)41-37(42)26-10-4-2-5-11-26)25-36(35)45-23-21-32(40-27-12-6-3-7-13-27)38(43)47-29-14-8-9-15-29/h2,4-5,10-11,16-20,22,24-25,27,29,32,40H,3,6-9,12-15,21,23H2,1H3,(H,41,42)/t32-/m1/s1. The Morgan fingerprint density at radius 2 is 1.60 bits per heavy atom. The Bertz CT molecular complexity index is 1630. The summed E-state index contributed by atoms with van der Waals surface area (Å²) in [6.07, 6.45) is 12.1. The highest BCUT2D eigenvalue weighted by molar-refractivity contribution is 6.04. The Labute approximate surface area is 276 Å². The molecule has 2 aliphatic carbocycles. The van der Waals surface area contributed by atoms with E-state index in [1.165, 1.54) is 19.3 Å². The van der Waals surface area contributed by atoms with Crippen LogP contribution in [0.2, 0.25) is 0 Å². The third-order valence-corrected chi connectivity index (χ3v) is 8.94. The Kier molecular flexibility index (Phi) is 10.8. The number of esters is 1. The van der Waals surface area contributed by atoms with Crippen molar-refractivity contribution in [2.24, 2.45) is 0 Å². The summed E-state index contributed by atoms with van der Waals surface area (Å²) < 4.78 is 24.1. The van der Waals surface area contributed by atoms with Crippen LogP contribution in [0.5, 0.6) is 23.0 Å². The average Bonchev–Trinajstić information content (AvgIpc) is 3.62. The Morgan fingerprint density at radius 1 is 0.851 bits per heavy atom. The van der Waals surface area contributed by atoms with Gasteiger partial charge in [0.15, 0.2) is 11.5 Å². The van der Waals surface area contributed by atoms with Crippen LogP contribution in [0, 0.1) is 0 Å². The molecule has 0 bridgehead atoms. The van der Waals surface area contributed by atoms with Crippen LogP contribution >= 0.6 is 0 Å². The van der Waals surface area contributed by atoms with Gasteiger partial charge >= 0.3 is 5.97 Å². The summed E-state index contributed by atoms with van der Waals surface area (Å²) in [6, 6.07) is 21.7. The largest absolute Gasteiger partial charge is 0.493 e. The fourth-order valence-electron chi connectivity index (χ4n) is 6.38. The van der Waals surface area contributed by atoms with Crippen molar-refractivity contribution < 1.29 is 28.5 Å². The Balaban J connectivity index is 1.11. The number of ether oxygens (including phenoxy) is 4. The van der Waals surface area contributed by atoms with Gasteiger partial charge in [-0.3, -0.25) is 14.6 Å². The van der Waals surface area contributed by atoms with Crippen molar-refractivity contribution in [2.45, 2.75) is 82.4 Å². The molecule has 1 heterocycles. The molecule has 4 aromatic rings. The molecule has 0 radical (unpaired) electrons. The first kappa shape index (κ1) is 32.3. The smallest absolute Gasteiger partial charge is 0.323 e. The van der Waals surface area contributed by atoms with Crippen molar-refractivity contribution in [3.63, 3.8) is 0 Å². The molecule has 2 saturated carbocycles. The number of rotatable bonds is 13. The van der Waals surface area contributed by atoms with E-state index in [4.69, 9.17) is 18.9 Å². The first-order valence-electron chi connectivity index (χ1n) is 16.8. The first-order valence-corrected chi connectivity index (χ1v) is 16.8. The molecule has 0 saturated heterocycles. The van der Waals surface area contributed by atoms with Crippen molar-refractivity contribution >= 4 is 28.5 Å². The first-order chi connectivity index (χ1) is 23.1. The summed E-state index contributed by atoms with van der Waals surface area (Å²) in [5.74, 6) is 1.95. The van der Waals surface area contributed by atoms with Gasteiger partial charge in [-0.05, 0) is 87.1 Å². The summed E-state index contributed by atoms with van der Waals surface area (Å²) >= 11 is 0. The van der Waals surface area contributed by atoms with E-state index in [1.807, 2.05) is 30.3 Å². The number of anilines is 1. The topological polar surface area (TPSA) is 108 Å². The summed E-state index contributed by atoms with van der Waals surface area (Å²) in [4.78, 5) is 30.3. The molecule has 1 atom stereocenters. The van der Waals surface area contributed by atoms with Gasteiger partial charge in [-0.15, -0.1) is 0 Å². The van der Waals surface area contributed by atoms with E-state index in [2.05, 4.69) is 15.6 Å². The van der Waals surface area contributed by atoms with Gasteiger partial charge in [0.2, 0.25) is 0 Å². The molecule has 47 heavy (non-hydrogen) atoms. The fourth-order valence-corrected chi connectivity index (χ4v) is 6.38. The number of benzene rings is 3. The number of carbonyl (C=O) groups is 2. The van der Waals surface area contributed by atoms with Gasteiger partial charge in [0.05, 0.1) is 19.2 Å².